The third-order valence-electron chi connectivity index (χ3n) is 4.78. The van der Waals surface area contributed by atoms with Gasteiger partial charge in [0.2, 0.25) is 11.8 Å². The van der Waals surface area contributed by atoms with Crippen molar-refractivity contribution in [2.45, 2.75) is 45.4 Å². The molecule has 10 heteroatoms. The highest BCUT2D eigenvalue weighted by molar-refractivity contribution is 7.80. The molecule has 0 saturated heterocycles. The maximum absolute atomic E-state index is 12.2. The molecule has 0 aromatic heterocycles. The van der Waals surface area contributed by atoms with Crippen molar-refractivity contribution in [2.75, 3.05) is 11.9 Å². The predicted molar refractivity (Wildman–Crippen MR) is 136 cm³/mol. The first kappa shape index (κ1) is 27.5. The number of anilines is 1. The standard InChI is InChI=1S/C25H30N4O5S/c1-2-3-9-21(30)26-20-12-10-19(11-13-20)24(33)28-29-25(35)27-22(31)14-15-23(32)34-17-16-18-7-5-4-6-8-18/h4-8,10-13H,2-3,9,14-17H2,1H3,(H,26,30)(H,28,33)(H2,27,29,31,35). The SMILES string of the molecule is CCCCC(=O)Nc1ccc(C(=O)NNC(=S)NC(=O)CCC(=O)OCCc2ccccc2)cc1. The van der Waals surface area contributed by atoms with Crippen molar-refractivity contribution < 1.29 is 23.9 Å². The summed E-state index contributed by atoms with van der Waals surface area (Å²) < 4.78 is 5.13. The minimum atomic E-state index is -0.486. The van der Waals surface area contributed by atoms with Crippen LogP contribution in [0.1, 0.15) is 54.9 Å². The van der Waals surface area contributed by atoms with E-state index in [0.717, 1.165) is 18.4 Å². The van der Waals surface area contributed by atoms with Crippen molar-refractivity contribution in [2.24, 2.45) is 0 Å². The highest BCUT2D eigenvalue weighted by Crippen LogP contribution is 2.10. The molecule has 0 atom stereocenters. The van der Waals surface area contributed by atoms with Crippen LogP contribution in [0.5, 0.6) is 0 Å². The van der Waals surface area contributed by atoms with Crippen molar-refractivity contribution in [1.29, 1.82) is 0 Å². The second-order valence-corrected chi connectivity index (χ2v) is 8.05. The van der Waals surface area contributed by atoms with Crippen LogP contribution in [-0.2, 0) is 25.5 Å². The minimum Gasteiger partial charge on any atom is -0.465 e. The number of carbonyl (C=O) groups is 4. The summed E-state index contributed by atoms with van der Waals surface area (Å²) in [6.07, 6.45) is 2.60. The minimum absolute atomic E-state index is 0.0766. The number of thiocarbonyl (C=S) groups is 1. The van der Waals surface area contributed by atoms with Gasteiger partial charge < -0.3 is 15.4 Å². The number of hydrazine groups is 1. The van der Waals surface area contributed by atoms with E-state index in [2.05, 4.69) is 21.5 Å². The van der Waals surface area contributed by atoms with Crippen LogP contribution in [-0.4, -0.2) is 35.4 Å². The fraction of sp³-hybridized carbons (Fsp3) is 0.320. The van der Waals surface area contributed by atoms with E-state index in [1.54, 1.807) is 24.3 Å². The fourth-order valence-electron chi connectivity index (χ4n) is 2.89. The van der Waals surface area contributed by atoms with Gasteiger partial charge >= 0.3 is 5.97 Å². The van der Waals surface area contributed by atoms with Gasteiger partial charge in [-0.25, -0.2) is 0 Å². The van der Waals surface area contributed by atoms with Crippen molar-refractivity contribution >= 4 is 46.7 Å². The van der Waals surface area contributed by atoms with Gasteiger partial charge in [-0.1, -0.05) is 43.7 Å². The fourth-order valence-corrected chi connectivity index (χ4v) is 3.05. The van der Waals surface area contributed by atoms with E-state index in [-0.39, 0.29) is 30.5 Å². The number of hydrogen-bond acceptors (Lipinski definition) is 6. The molecule has 0 aliphatic heterocycles. The molecule has 0 radical (unpaired) electrons. The average molecular weight is 499 g/mol. The van der Waals surface area contributed by atoms with Crippen molar-refractivity contribution in [1.82, 2.24) is 16.2 Å². The summed E-state index contributed by atoms with van der Waals surface area (Å²) in [4.78, 5) is 47.8. The number of hydrogen-bond donors (Lipinski definition) is 4. The van der Waals surface area contributed by atoms with E-state index in [1.807, 2.05) is 37.3 Å². The van der Waals surface area contributed by atoms with Gasteiger partial charge in [0.1, 0.15) is 0 Å². The number of rotatable bonds is 11. The highest BCUT2D eigenvalue weighted by Gasteiger charge is 2.11. The Hall–Kier alpha value is -3.79. The topological polar surface area (TPSA) is 126 Å². The Kier molecular flexibility index (Phi) is 11.9. The summed E-state index contributed by atoms with van der Waals surface area (Å²) in [5.74, 6) is -1.52. The van der Waals surface area contributed by atoms with E-state index < -0.39 is 17.8 Å². The number of unbranched alkanes of at least 4 members (excludes halogenated alkanes) is 1. The van der Waals surface area contributed by atoms with Gasteiger partial charge in [0.15, 0.2) is 5.11 Å². The molecule has 35 heavy (non-hydrogen) atoms. The number of amides is 3. The van der Waals surface area contributed by atoms with Crippen molar-refractivity contribution in [3.63, 3.8) is 0 Å². The lowest BCUT2D eigenvalue weighted by molar-refractivity contribution is -0.144. The molecule has 4 N–H and O–H groups in total. The van der Waals surface area contributed by atoms with Crippen molar-refractivity contribution in [3.05, 3.63) is 65.7 Å². The maximum atomic E-state index is 12.2. The van der Waals surface area contributed by atoms with Gasteiger partial charge in [-0.2, -0.15) is 0 Å². The number of ether oxygens (including phenoxy) is 1. The predicted octanol–water partition coefficient (Wildman–Crippen LogP) is 3.02. The Morgan fingerprint density at radius 1 is 0.857 bits per heavy atom. The van der Waals surface area contributed by atoms with E-state index in [9.17, 15) is 19.2 Å². The first-order valence-corrected chi connectivity index (χ1v) is 11.8. The van der Waals surface area contributed by atoms with Crippen LogP contribution < -0.4 is 21.5 Å². The number of benzene rings is 2. The zero-order valence-electron chi connectivity index (χ0n) is 19.6. The van der Waals surface area contributed by atoms with Gasteiger partial charge in [-0.05, 0) is 48.5 Å². The number of nitrogens with one attached hydrogen (secondary N) is 4. The first-order valence-electron chi connectivity index (χ1n) is 11.4. The lowest BCUT2D eigenvalue weighted by Crippen LogP contribution is -2.48. The highest BCUT2D eigenvalue weighted by atomic mass is 32.1. The molecule has 9 nitrogen and oxygen atoms in total. The summed E-state index contributed by atoms with van der Waals surface area (Å²) in [7, 11) is 0. The van der Waals surface area contributed by atoms with Crippen LogP contribution >= 0.6 is 12.2 Å². The lowest BCUT2D eigenvalue weighted by Gasteiger charge is -2.11. The Morgan fingerprint density at radius 3 is 2.26 bits per heavy atom. The summed E-state index contributed by atoms with van der Waals surface area (Å²) in [5.41, 5.74) is 6.79. The average Bonchev–Trinajstić information content (AvgIpc) is 2.86. The van der Waals surface area contributed by atoms with E-state index >= 15 is 0 Å². The summed E-state index contributed by atoms with van der Waals surface area (Å²) in [6.45, 7) is 2.25. The molecular weight excluding hydrogens is 468 g/mol. The largest absolute Gasteiger partial charge is 0.465 e. The van der Waals surface area contributed by atoms with Gasteiger partial charge in [-0.15, -0.1) is 0 Å². The Labute approximate surface area is 210 Å². The van der Waals surface area contributed by atoms with Crippen LogP contribution in [0.4, 0.5) is 5.69 Å². The van der Waals surface area contributed by atoms with E-state index in [0.29, 0.717) is 24.1 Å². The van der Waals surface area contributed by atoms with Gasteiger partial charge in [-0.3, -0.25) is 30.0 Å². The van der Waals surface area contributed by atoms with Crippen LogP contribution in [0.2, 0.25) is 0 Å². The molecule has 186 valence electrons. The van der Waals surface area contributed by atoms with Crippen LogP contribution in [0.25, 0.3) is 0 Å². The van der Waals surface area contributed by atoms with Gasteiger partial charge in [0.25, 0.3) is 5.91 Å². The molecule has 0 aliphatic rings. The van der Waals surface area contributed by atoms with Crippen LogP contribution in [0, 0.1) is 0 Å². The lowest BCUT2D eigenvalue weighted by atomic mass is 10.2. The second kappa shape index (κ2) is 15.2. The first-order chi connectivity index (χ1) is 16.9. The smallest absolute Gasteiger partial charge is 0.306 e. The molecule has 0 aliphatic carbocycles. The molecule has 2 rings (SSSR count). The summed E-state index contributed by atoms with van der Waals surface area (Å²) in [6, 6.07) is 16.0. The Bertz CT molecular complexity index is 1010. The maximum Gasteiger partial charge on any atom is 0.306 e. The third-order valence-corrected chi connectivity index (χ3v) is 4.99. The Balaban J connectivity index is 1.62. The number of esters is 1. The second-order valence-electron chi connectivity index (χ2n) is 7.64. The molecule has 0 heterocycles. The third kappa shape index (κ3) is 11.3. The zero-order chi connectivity index (χ0) is 25.5. The normalized spacial score (nSPS) is 10.1. The Morgan fingerprint density at radius 2 is 1.57 bits per heavy atom. The summed E-state index contributed by atoms with van der Waals surface area (Å²) in [5, 5.41) is 5.04. The summed E-state index contributed by atoms with van der Waals surface area (Å²) >= 11 is 4.98. The van der Waals surface area contributed by atoms with Crippen LogP contribution in [0.3, 0.4) is 0 Å². The molecule has 2 aromatic carbocycles. The quantitative estimate of drug-likeness (QED) is 0.213. The number of carbonyl (C=O) groups excluding carboxylic acids is 4. The molecular formula is C25H30N4O5S. The molecule has 2 aromatic rings. The van der Waals surface area contributed by atoms with Gasteiger partial charge in [0, 0.05) is 30.5 Å². The molecule has 0 saturated carbocycles. The molecule has 0 unspecified atom stereocenters. The van der Waals surface area contributed by atoms with Crippen molar-refractivity contribution in [3.8, 4) is 0 Å². The molecule has 0 spiro atoms. The van der Waals surface area contributed by atoms with Crippen LogP contribution in [0.15, 0.2) is 54.6 Å². The molecule has 0 bridgehead atoms. The monoisotopic (exact) mass is 498 g/mol. The van der Waals surface area contributed by atoms with Gasteiger partial charge in [0.05, 0.1) is 13.0 Å². The zero-order valence-corrected chi connectivity index (χ0v) is 20.4. The molecule has 0 fully saturated rings. The van der Waals surface area contributed by atoms with E-state index in [1.165, 1.54) is 0 Å². The molecule has 3 amide bonds. The van der Waals surface area contributed by atoms with E-state index in [4.69, 9.17) is 17.0 Å².